The predicted molar refractivity (Wildman–Crippen MR) is 102 cm³/mol. The number of ether oxygens (including phenoxy) is 1. The second-order valence-corrected chi connectivity index (χ2v) is 5.21. The second kappa shape index (κ2) is 13.0. The highest BCUT2D eigenvalue weighted by molar-refractivity contribution is 14.0. The first-order valence-electron chi connectivity index (χ1n) is 6.73. The molecule has 21 heavy (non-hydrogen) atoms. The van der Waals surface area contributed by atoms with Gasteiger partial charge in [-0.15, -0.1) is 24.0 Å². The van der Waals surface area contributed by atoms with E-state index in [4.69, 9.17) is 4.74 Å². The molecule has 0 aliphatic rings. The highest BCUT2D eigenvalue weighted by Crippen LogP contribution is 2.12. The average Bonchev–Trinajstić information content (AvgIpc) is 2.50. The number of nitrogens with zero attached hydrogens (tertiary/aromatic N) is 2. The minimum atomic E-state index is 0. The van der Waals surface area contributed by atoms with Gasteiger partial charge in [0.25, 0.3) is 0 Å². The highest BCUT2D eigenvalue weighted by atomic mass is 127. The number of pyridine rings is 1. The zero-order valence-corrected chi connectivity index (χ0v) is 16.0. The quantitative estimate of drug-likeness (QED) is 0.291. The van der Waals surface area contributed by atoms with Gasteiger partial charge in [-0.05, 0) is 30.9 Å². The second-order valence-electron chi connectivity index (χ2n) is 4.22. The minimum absolute atomic E-state index is 0. The highest BCUT2D eigenvalue weighted by Gasteiger charge is 2.04. The first-order valence-corrected chi connectivity index (χ1v) is 8.12. The summed E-state index contributed by atoms with van der Waals surface area (Å²) in [6.07, 6.45) is 6.23. The maximum atomic E-state index is 5.22. The molecule has 0 saturated carbocycles. The number of hydrogen-bond donors (Lipinski definition) is 2. The zero-order chi connectivity index (χ0) is 14.6. The number of rotatable bonds is 8. The van der Waals surface area contributed by atoms with Gasteiger partial charge in [0.15, 0.2) is 5.96 Å². The first-order chi connectivity index (χ1) is 9.81. The number of aliphatic imine (C=N–C) groups is 1. The third kappa shape index (κ3) is 8.35. The molecule has 0 saturated heterocycles. The molecule has 0 fully saturated rings. The molecule has 1 aromatic heterocycles. The minimum Gasteiger partial charge on any atom is -0.481 e. The molecule has 0 spiro atoms. The van der Waals surface area contributed by atoms with E-state index in [0.717, 1.165) is 24.5 Å². The van der Waals surface area contributed by atoms with Crippen molar-refractivity contribution in [2.75, 3.05) is 32.7 Å². The lowest BCUT2D eigenvalue weighted by Crippen LogP contribution is -2.37. The van der Waals surface area contributed by atoms with E-state index in [-0.39, 0.29) is 24.0 Å². The number of methoxy groups -OCH3 is 1. The van der Waals surface area contributed by atoms with Gasteiger partial charge in [0.2, 0.25) is 5.88 Å². The van der Waals surface area contributed by atoms with Crippen molar-refractivity contribution in [2.45, 2.75) is 19.4 Å². The van der Waals surface area contributed by atoms with Crippen molar-refractivity contribution in [3.05, 3.63) is 23.9 Å². The monoisotopic (exact) mass is 424 g/mol. The number of halogens is 1. The van der Waals surface area contributed by atoms with E-state index >= 15 is 0 Å². The van der Waals surface area contributed by atoms with E-state index in [2.05, 4.69) is 26.9 Å². The summed E-state index contributed by atoms with van der Waals surface area (Å²) in [5.41, 5.74) is 1.01. The van der Waals surface area contributed by atoms with Crippen LogP contribution >= 0.6 is 35.7 Å². The van der Waals surface area contributed by atoms with Crippen LogP contribution in [-0.4, -0.2) is 43.7 Å². The van der Waals surface area contributed by atoms with E-state index in [9.17, 15) is 0 Å². The van der Waals surface area contributed by atoms with Crippen molar-refractivity contribution < 1.29 is 4.74 Å². The molecule has 2 N–H and O–H groups in total. The van der Waals surface area contributed by atoms with Crippen LogP contribution in [0.3, 0.4) is 0 Å². The summed E-state index contributed by atoms with van der Waals surface area (Å²) in [5.74, 6) is 2.66. The first kappa shape index (κ1) is 20.3. The Kier molecular flexibility index (Phi) is 12.6. The third-order valence-corrected chi connectivity index (χ3v) is 3.48. The Morgan fingerprint density at radius 3 is 2.86 bits per heavy atom. The summed E-state index contributed by atoms with van der Waals surface area (Å²) in [6.45, 7) is 1.58. The van der Waals surface area contributed by atoms with E-state index in [1.54, 1.807) is 20.4 Å². The van der Waals surface area contributed by atoms with Gasteiger partial charge in [-0.2, -0.15) is 11.8 Å². The number of unbranched alkanes of at least 4 members (excludes halogenated alkanes) is 1. The van der Waals surface area contributed by atoms with Crippen molar-refractivity contribution in [2.24, 2.45) is 4.99 Å². The molecule has 0 aromatic carbocycles. The Balaban J connectivity index is 0.00000400. The lowest BCUT2D eigenvalue weighted by atomic mass is 10.2. The van der Waals surface area contributed by atoms with E-state index < -0.39 is 0 Å². The largest absolute Gasteiger partial charge is 0.481 e. The van der Waals surface area contributed by atoms with Gasteiger partial charge < -0.3 is 15.4 Å². The Morgan fingerprint density at radius 2 is 2.19 bits per heavy atom. The topological polar surface area (TPSA) is 58.5 Å². The normalized spacial score (nSPS) is 10.7. The van der Waals surface area contributed by atoms with Gasteiger partial charge in [0.1, 0.15) is 0 Å². The summed E-state index contributed by atoms with van der Waals surface area (Å²) in [6, 6.07) is 3.89. The molecule has 1 rings (SSSR count). The molecule has 0 atom stereocenters. The lowest BCUT2D eigenvalue weighted by molar-refractivity contribution is 0.392. The maximum Gasteiger partial charge on any atom is 0.218 e. The lowest BCUT2D eigenvalue weighted by Gasteiger charge is -2.13. The van der Waals surface area contributed by atoms with E-state index in [0.29, 0.717) is 12.4 Å². The van der Waals surface area contributed by atoms with Crippen LogP contribution in [0.2, 0.25) is 0 Å². The summed E-state index contributed by atoms with van der Waals surface area (Å²) in [4.78, 5) is 8.38. The summed E-state index contributed by atoms with van der Waals surface area (Å²) < 4.78 is 5.22. The molecule has 0 aliphatic carbocycles. The van der Waals surface area contributed by atoms with Crippen LogP contribution in [0.5, 0.6) is 5.88 Å². The smallest absolute Gasteiger partial charge is 0.218 e. The van der Waals surface area contributed by atoms with E-state index in [1.807, 2.05) is 23.9 Å². The molecule has 5 nitrogen and oxygen atoms in total. The molecule has 1 aromatic rings. The third-order valence-electron chi connectivity index (χ3n) is 2.78. The van der Waals surface area contributed by atoms with Crippen molar-refractivity contribution in [3.8, 4) is 5.88 Å². The number of hydrogen-bond acceptors (Lipinski definition) is 4. The molecule has 0 radical (unpaired) electrons. The van der Waals surface area contributed by atoms with Gasteiger partial charge in [-0.25, -0.2) is 4.98 Å². The Labute approximate surface area is 148 Å². The summed E-state index contributed by atoms with van der Waals surface area (Å²) >= 11 is 1.88. The molecule has 0 unspecified atom stereocenters. The summed E-state index contributed by atoms with van der Waals surface area (Å²) in [7, 11) is 3.41. The molecule has 7 heteroatoms. The SMILES string of the molecule is CN=C(NCCCCSC)NCc1cccnc1OC.I. The molecular weight excluding hydrogens is 399 g/mol. The van der Waals surface area contributed by atoms with Crippen molar-refractivity contribution in [1.82, 2.24) is 15.6 Å². The Bertz CT molecular complexity index is 418. The van der Waals surface area contributed by atoms with Crippen LogP contribution < -0.4 is 15.4 Å². The number of nitrogens with one attached hydrogen (secondary N) is 2. The molecule has 0 bridgehead atoms. The van der Waals surface area contributed by atoms with Crippen LogP contribution in [0.15, 0.2) is 23.3 Å². The standard InChI is InChI=1S/C14H24N4OS.HI/c1-15-14(17-8-4-5-10-20-3)18-11-12-7-6-9-16-13(12)19-2;/h6-7,9H,4-5,8,10-11H2,1-3H3,(H2,15,17,18);1H. The fourth-order valence-electron chi connectivity index (χ4n) is 1.72. The number of guanidine groups is 1. The van der Waals surface area contributed by atoms with Crippen LogP contribution in [0.1, 0.15) is 18.4 Å². The van der Waals surface area contributed by atoms with Gasteiger partial charge in [-0.3, -0.25) is 4.99 Å². The maximum absolute atomic E-state index is 5.22. The molecule has 120 valence electrons. The van der Waals surface area contributed by atoms with Gasteiger partial charge >= 0.3 is 0 Å². The van der Waals surface area contributed by atoms with Crippen LogP contribution in [0.25, 0.3) is 0 Å². The molecular formula is C14H25IN4OS. The van der Waals surface area contributed by atoms with Crippen LogP contribution in [0, 0.1) is 0 Å². The zero-order valence-electron chi connectivity index (χ0n) is 12.9. The van der Waals surface area contributed by atoms with Crippen molar-refractivity contribution in [1.29, 1.82) is 0 Å². The molecule has 1 heterocycles. The Hall–Kier alpha value is -0.700. The average molecular weight is 424 g/mol. The number of aromatic nitrogens is 1. The number of thioether (sulfide) groups is 1. The van der Waals surface area contributed by atoms with Gasteiger partial charge in [0.05, 0.1) is 7.11 Å². The van der Waals surface area contributed by atoms with Crippen LogP contribution in [0.4, 0.5) is 0 Å². The fraction of sp³-hybridized carbons (Fsp3) is 0.571. The predicted octanol–water partition coefficient (Wildman–Crippen LogP) is 2.52. The molecule has 0 aliphatic heterocycles. The van der Waals surface area contributed by atoms with E-state index in [1.165, 1.54) is 12.2 Å². The van der Waals surface area contributed by atoms with Crippen molar-refractivity contribution in [3.63, 3.8) is 0 Å². The van der Waals surface area contributed by atoms with Crippen molar-refractivity contribution >= 4 is 41.7 Å². The summed E-state index contributed by atoms with van der Waals surface area (Å²) in [5, 5.41) is 6.57. The fourth-order valence-corrected chi connectivity index (χ4v) is 2.21. The van der Waals surface area contributed by atoms with Gasteiger partial charge in [0, 0.05) is 31.9 Å². The van der Waals surface area contributed by atoms with Gasteiger partial charge in [-0.1, -0.05) is 6.07 Å². The molecule has 0 amide bonds. The van der Waals surface area contributed by atoms with Crippen LogP contribution in [-0.2, 0) is 6.54 Å². The Morgan fingerprint density at radius 1 is 1.38 bits per heavy atom.